The van der Waals surface area contributed by atoms with Crippen LogP contribution in [0.15, 0.2) is 23.2 Å². The maximum atomic E-state index is 12.0. The van der Waals surface area contributed by atoms with Crippen molar-refractivity contribution in [3.8, 4) is 0 Å². The van der Waals surface area contributed by atoms with E-state index in [1.165, 1.54) is 25.4 Å². The molecule has 4 N–H and O–H groups in total. The summed E-state index contributed by atoms with van der Waals surface area (Å²) in [5.74, 6) is 5.31. The first kappa shape index (κ1) is 13.8. The Morgan fingerprint density at radius 3 is 2.88 bits per heavy atom. The molecule has 0 spiro atoms. The van der Waals surface area contributed by atoms with Crippen LogP contribution in [0.4, 0.5) is 5.82 Å². The summed E-state index contributed by atoms with van der Waals surface area (Å²) in [7, 11) is -2.16. The summed E-state index contributed by atoms with van der Waals surface area (Å²) in [5.41, 5.74) is 2.25. The van der Waals surface area contributed by atoms with Crippen LogP contribution in [-0.4, -0.2) is 33.2 Å². The lowest BCUT2D eigenvalue weighted by Gasteiger charge is -2.14. The van der Waals surface area contributed by atoms with Crippen molar-refractivity contribution in [3.63, 3.8) is 0 Å². The molecule has 0 aliphatic rings. The highest BCUT2D eigenvalue weighted by molar-refractivity contribution is 7.89. The van der Waals surface area contributed by atoms with Crippen molar-refractivity contribution in [2.75, 3.05) is 19.1 Å². The molecule has 0 saturated carbocycles. The number of nitrogens with zero attached hydrogens (tertiary/aromatic N) is 1. The number of sulfonamides is 1. The van der Waals surface area contributed by atoms with Gasteiger partial charge in [-0.2, -0.15) is 0 Å². The van der Waals surface area contributed by atoms with Crippen LogP contribution in [0.2, 0.25) is 0 Å². The molecule has 0 aliphatic carbocycles. The zero-order valence-electron chi connectivity index (χ0n) is 9.67. The number of anilines is 1. The van der Waals surface area contributed by atoms with E-state index >= 15 is 0 Å². The lowest BCUT2D eigenvalue weighted by Crippen LogP contribution is -2.36. The molecular weight excluding hydrogens is 244 g/mol. The summed E-state index contributed by atoms with van der Waals surface area (Å²) in [6.45, 7) is 1.98. The second-order valence-corrected chi connectivity index (χ2v) is 5.15. The number of methoxy groups -OCH3 is 1. The van der Waals surface area contributed by atoms with E-state index < -0.39 is 10.0 Å². The Balaban J connectivity index is 2.97. The zero-order valence-corrected chi connectivity index (χ0v) is 10.5. The van der Waals surface area contributed by atoms with Crippen molar-refractivity contribution in [2.24, 2.45) is 5.84 Å². The van der Waals surface area contributed by atoms with E-state index in [9.17, 15) is 8.42 Å². The second-order valence-electron chi connectivity index (χ2n) is 3.47. The molecule has 8 heteroatoms. The Hall–Kier alpha value is -1.22. The van der Waals surface area contributed by atoms with Gasteiger partial charge in [-0.25, -0.2) is 24.0 Å². The molecule has 0 bridgehead atoms. The highest BCUT2D eigenvalue weighted by Crippen LogP contribution is 2.16. The van der Waals surface area contributed by atoms with Crippen molar-refractivity contribution in [3.05, 3.63) is 18.3 Å². The summed E-state index contributed by atoms with van der Waals surface area (Å²) in [6, 6.07) is 2.61. The molecule has 1 unspecified atom stereocenters. The number of hydrogen-bond donors (Lipinski definition) is 3. The van der Waals surface area contributed by atoms with Crippen LogP contribution in [0.5, 0.6) is 0 Å². The zero-order chi connectivity index (χ0) is 12.9. The monoisotopic (exact) mass is 260 g/mol. The molecule has 0 aliphatic heterocycles. The summed E-state index contributed by atoms with van der Waals surface area (Å²) in [6.07, 6.45) is 1.45. The van der Waals surface area contributed by atoms with Crippen LogP contribution in [0.3, 0.4) is 0 Å². The summed E-state index contributed by atoms with van der Waals surface area (Å²) in [5, 5.41) is 0. The van der Waals surface area contributed by atoms with Crippen LogP contribution >= 0.6 is 0 Å². The number of pyridine rings is 1. The molecular formula is C9H16N4O3S. The second kappa shape index (κ2) is 5.92. The van der Waals surface area contributed by atoms with E-state index in [0.717, 1.165) is 0 Å². The van der Waals surface area contributed by atoms with Gasteiger partial charge < -0.3 is 10.2 Å². The van der Waals surface area contributed by atoms with Crippen LogP contribution < -0.4 is 16.0 Å². The predicted molar refractivity (Wildman–Crippen MR) is 63.7 cm³/mol. The average molecular weight is 260 g/mol. The predicted octanol–water partition coefficient (Wildman–Crippen LogP) is -0.320. The first-order valence-corrected chi connectivity index (χ1v) is 6.42. The lowest BCUT2D eigenvalue weighted by molar-refractivity contribution is 0.180. The van der Waals surface area contributed by atoms with Gasteiger partial charge in [0.2, 0.25) is 10.0 Å². The van der Waals surface area contributed by atoms with E-state index in [1.807, 2.05) is 0 Å². The van der Waals surface area contributed by atoms with Crippen molar-refractivity contribution in [2.45, 2.75) is 17.9 Å². The molecule has 0 aromatic carbocycles. The maximum absolute atomic E-state index is 12.0. The van der Waals surface area contributed by atoms with Gasteiger partial charge in [0.05, 0.1) is 6.61 Å². The molecule has 1 aromatic heterocycles. The van der Waals surface area contributed by atoms with Crippen LogP contribution in [-0.2, 0) is 14.8 Å². The number of hydrogen-bond acceptors (Lipinski definition) is 6. The molecule has 1 atom stereocenters. The highest BCUT2D eigenvalue weighted by atomic mass is 32.2. The van der Waals surface area contributed by atoms with E-state index in [4.69, 9.17) is 10.6 Å². The minimum atomic E-state index is -3.66. The third kappa shape index (κ3) is 3.63. The maximum Gasteiger partial charge on any atom is 0.244 e. The molecule has 7 nitrogen and oxygen atoms in total. The average Bonchev–Trinajstić information content (AvgIpc) is 2.28. The molecule has 96 valence electrons. The SMILES string of the molecule is COCC(C)NS(=O)(=O)c1cccnc1NN. The van der Waals surface area contributed by atoms with Gasteiger partial charge in [-0.1, -0.05) is 0 Å². The fourth-order valence-electron chi connectivity index (χ4n) is 1.33. The molecule has 1 heterocycles. The van der Waals surface area contributed by atoms with E-state index in [-0.39, 0.29) is 23.4 Å². The van der Waals surface area contributed by atoms with Crippen LogP contribution in [0.25, 0.3) is 0 Å². The number of aromatic nitrogens is 1. The van der Waals surface area contributed by atoms with Gasteiger partial charge in [0, 0.05) is 19.3 Å². The van der Waals surface area contributed by atoms with E-state index in [0.29, 0.717) is 0 Å². The summed E-state index contributed by atoms with van der Waals surface area (Å²) in [4.78, 5) is 3.84. The summed E-state index contributed by atoms with van der Waals surface area (Å²) >= 11 is 0. The first-order chi connectivity index (χ1) is 8.01. The van der Waals surface area contributed by atoms with Gasteiger partial charge in [0.1, 0.15) is 4.90 Å². The Labute approximate surface area is 100 Å². The Bertz CT molecular complexity index is 463. The molecule has 0 saturated heterocycles. The Kier molecular flexibility index (Phi) is 4.82. The van der Waals surface area contributed by atoms with Gasteiger partial charge in [-0.3, -0.25) is 0 Å². The number of nitrogens with two attached hydrogens (primary N) is 1. The van der Waals surface area contributed by atoms with Crippen molar-refractivity contribution in [1.29, 1.82) is 0 Å². The minimum absolute atomic E-state index is 0.00505. The fourth-order valence-corrected chi connectivity index (χ4v) is 2.68. The third-order valence-corrected chi connectivity index (χ3v) is 3.59. The topological polar surface area (TPSA) is 106 Å². The number of ether oxygens (including phenoxy) is 1. The number of nitrogens with one attached hydrogen (secondary N) is 2. The minimum Gasteiger partial charge on any atom is -0.383 e. The van der Waals surface area contributed by atoms with E-state index in [1.54, 1.807) is 6.92 Å². The van der Waals surface area contributed by atoms with Crippen LogP contribution in [0.1, 0.15) is 6.92 Å². The van der Waals surface area contributed by atoms with Gasteiger partial charge in [-0.15, -0.1) is 0 Å². The molecule has 1 rings (SSSR count). The quantitative estimate of drug-likeness (QED) is 0.478. The molecule has 17 heavy (non-hydrogen) atoms. The third-order valence-electron chi connectivity index (χ3n) is 1.97. The smallest absolute Gasteiger partial charge is 0.244 e. The van der Waals surface area contributed by atoms with Gasteiger partial charge in [0.25, 0.3) is 0 Å². The molecule has 0 fully saturated rings. The lowest BCUT2D eigenvalue weighted by atomic mass is 10.4. The fraction of sp³-hybridized carbons (Fsp3) is 0.444. The number of hydrazine groups is 1. The van der Waals surface area contributed by atoms with Crippen molar-refractivity contribution < 1.29 is 13.2 Å². The van der Waals surface area contributed by atoms with Gasteiger partial charge >= 0.3 is 0 Å². The Morgan fingerprint density at radius 1 is 1.59 bits per heavy atom. The molecule has 0 radical (unpaired) electrons. The first-order valence-electron chi connectivity index (χ1n) is 4.94. The standard InChI is InChI=1S/C9H16N4O3S/c1-7(6-16-2)13-17(14,15)8-4-3-5-11-9(8)12-10/h3-5,7,13H,6,10H2,1-2H3,(H,11,12). The largest absolute Gasteiger partial charge is 0.383 e. The van der Waals surface area contributed by atoms with Crippen molar-refractivity contribution in [1.82, 2.24) is 9.71 Å². The van der Waals surface area contributed by atoms with Gasteiger partial charge in [0.15, 0.2) is 5.82 Å². The van der Waals surface area contributed by atoms with Crippen molar-refractivity contribution >= 4 is 15.8 Å². The normalized spacial score (nSPS) is 13.4. The van der Waals surface area contributed by atoms with E-state index in [2.05, 4.69) is 15.1 Å². The Morgan fingerprint density at radius 2 is 2.29 bits per heavy atom. The number of nitrogen functional groups attached to an aromatic ring is 1. The van der Waals surface area contributed by atoms with Gasteiger partial charge in [-0.05, 0) is 19.1 Å². The summed E-state index contributed by atoms with van der Waals surface area (Å²) < 4.78 is 31.3. The molecule has 1 aromatic rings. The highest BCUT2D eigenvalue weighted by Gasteiger charge is 2.21. The number of rotatable bonds is 6. The van der Waals surface area contributed by atoms with Crippen LogP contribution in [0, 0.1) is 0 Å². The molecule has 0 amide bonds.